The molecule has 0 aliphatic rings. The summed E-state index contributed by atoms with van der Waals surface area (Å²) in [6.07, 6.45) is 0.594. The molecule has 1 unspecified atom stereocenters. The molecule has 0 radical (unpaired) electrons. The van der Waals surface area contributed by atoms with Crippen molar-refractivity contribution in [1.29, 1.82) is 0 Å². The van der Waals surface area contributed by atoms with Crippen LogP contribution in [0.2, 0.25) is 0 Å². The van der Waals surface area contributed by atoms with Crippen LogP contribution in [-0.4, -0.2) is 34.0 Å². The van der Waals surface area contributed by atoms with E-state index < -0.39 is 10.8 Å². The number of aliphatic hydroxyl groups is 1. The lowest BCUT2D eigenvalue weighted by Crippen LogP contribution is -2.11. The standard InChI is InChI=1S/C12H18O3S/c1-11-3-5-12(6-4-11)15-8-10-16(14)9-2-7-13/h3-6,13H,2,7-10H2,1H3. The van der Waals surface area contributed by atoms with Gasteiger partial charge in [0.2, 0.25) is 0 Å². The molecule has 3 nitrogen and oxygen atoms in total. The molecular weight excluding hydrogens is 224 g/mol. The highest BCUT2D eigenvalue weighted by molar-refractivity contribution is 7.84. The molecule has 0 aliphatic heterocycles. The number of ether oxygens (including phenoxy) is 1. The number of benzene rings is 1. The smallest absolute Gasteiger partial charge is 0.119 e. The Balaban J connectivity index is 2.20. The van der Waals surface area contributed by atoms with Crippen LogP contribution < -0.4 is 4.74 Å². The van der Waals surface area contributed by atoms with E-state index in [1.165, 1.54) is 5.56 Å². The van der Waals surface area contributed by atoms with Gasteiger partial charge in [0, 0.05) is 23.2 Å². The number of hydrogen-bond acceptors (Lipinski definition) is 3. The topological polar surface area (TPSA) is 46.5 Å². The molecule has 0 bridgehead atoms. The summed E-state index contributed by atoms with van der Waals surface area (Å²) in [6.45, 7) is 2.58. The fraction of sp³-hybridized carbons (Fsp3) is 0.500. The largest absolute Gasteiger partial charge is 0.493 e. The van der Waals surface area contributed by atoms with Crippen molar-refractivity contribution in [2.75, 3.05) is 24.7 Å². The van der Waals surface area contributed by atoms with Crippen LogP contribution in [0.3, 0.4) is 0 Å². The maximum absolute atomic E-state index is 11.4. The average molecular weight is 242 g/mol. The molecule has 0 spiro atoms. The molecule has 1 aromatic carbocycles. The highest BCUT2D eigenvalue weighted by Crippen LogP contribution is 2.11. The summed E-state index contributed by atoms with van der Waals surface area (Å²) < 4.78 is 16.8. The predicted octanol–water partition coefficient (Wildman–Crippen LogP) is 1.50. The number of hydrogen-bond donors (Lipinski definition) is 1. The van der Waals surface area contributed by atoms with Gasteiger partial charge in [-0.05, 0) is 25.5 Å². The van der Waals surface area contributed by atoms with Gasteiger partial charge >= 0.3 is 0 Å². The Morgan fingerprint density at radius 3 is 2.56 bits per heavy atom. The van der Waals surface area contributed by atoms with Crippen molar-refractivity contribution in [2.45, 2.75) is 13.3 Å². The first-order chi connectivity index (χ1) is 7.72. The fourth-order valence-corrected chi connectivity index (χ4v) is 2.14. The fourth-order valence-electron chi connectivity index (χ4n) is 1.21. The molecule has 0 heterocycles. The molecule has 0 saturated carbocycles. The van der Waals surface area contributed by atoms with Gasteiger partial charge in [0.15, 0.2) is 0 Å². The number of aryl methyl sites for hydroxylation is 1. The van der Waals surface area contributed by atoms with Gasteiger partial charge in [-0.25, -0.2) is 0 Å². The zero-order valence-corrected chi connectivity index (χ0v) is 10.3. The van der Waals surface area contributed by atoms with Gasteiger partial charge in [-0.3, -0.25) is 4.21 Å². The lowest BCUT2D eigenvalue weighted by atomic mass is 10.2. The molecule has 4 heteroatoms. The first-order valence-electron chi connectivity index (χ1n) is 5.37. The first-order valence-corrected chi connectivity index (χ1v) is 6.86. The van der Waals surface area contributed by atoms with E-state index in [9.17, 15) is 4.21 Å². The van der Waals surface area contributed by atoms with E-state index in [4.69, 9.17) is 9.84 Å². The van der Waals surface area contributed by atoms with Crippen molar-refractivity contribution in [1.82, 2.24) is 0 Å². The maximum atomic E-state index is 11.4. The lowest BCUT2D eigenvalue weighted by Gasteiger charge is -2.06. The molecular formula is C12H18O3S. The van der Waals surface area contributed by atoms with Gasteiger partial charge in [0.05, 0.1) is 12.4 Å². The van der Waals surface area contributed by atoms with Gasteiger partial charge in [-0.2, -0.15) is 0 Å². The van der Waals surface area contributed by atoms with Crippen LogP contribution >= 0.6 is 0 Å². The van der Waals surface area contributed by atoms with Crippen molar-refractivity contribution >= 4 is 10.8 Å². The second-order valence-electron chi connectivity index (χ2n) is 3.59. The predicted molar refractivity (Wildman–Crippen MR) is 66.3 cm³/mol. The summed E-state index contributed by atoms with van der Waals surface area (Å²) in [7, 11) is -0.883. The third kappa shape index (κ3) is 5.28. The molecule has 1 N–H and O–H groups in total. The molecule has 0 aromatic heterocycles. The van der Waals surface area contributed by atoms with Crippen LogP contribution in [0.15, 0.2) is 24.3 Å². The minimum atomic E-state index is -0.883. The SMILES string of the molecule is Cc1ccc(OCCS(=O)CCCO)cc1. The first kappa shape index (κ1) is 13.2. The highest BCUT2D eigenvalue weighted by Gasteiger charge is 2.00. The highest BCUT2D eigenvalue weighted by atomic mass is 32.2. The van der Waals surface area contributed by atoms with E-state index in [0.717, 1.165) is 5.75 Å². The van der Waals surface area contributed by atoms with Crippen LogP contribution in [0.25, 0.3) is 0 Å². The summed E-state index contributed by atoms with van der Waals surface area (Å²) in [6, 6.07) is 7.79. The second-order valence-corrected chi connectivity index (χ2v) is 5.28. The van der Waals surface area contributed by atoms with Crippen LogP contribution in [0.1, 0.15) is 12.0 Å². The van der Waals surface area contributed by atoms with Gasteiger partial charge in [-0.15, -0.1) is 0 Å². The van der Waals surface area contributed by atoms with E-state index in [1.807, 2.05) is 31.2 Å². The van der Waals surface area contributed by atoms with E-state index >= 15 is 0 Å². The molecule has 0 saturated heterocycles. The van der Waals surface area contributed by atoms with Gasteiger partial charge in [0.25, 0.3) is 0 Å². The summed E-state index contributed by atoms with van der Waals surface area (Å²) in [5, 5.41) is 8.58. The number of rotatable bonds is 7. The molecule has 0 aliphatic carbocycles. The summed E-state index contributed by atoms with van der Waals surface area (Å²) in [5.41, 5.74) is 1.19. The minimum absolute atomic E-state index is 0.102. The molecule has 1 aromatic rings. The maximum Gasteiger partial charge on any atom is 0.119 e. The van der Waals surface area contributed by atoms with Crippen molar-refractivity contribution in [2.24, 2.45) is 0 Å². The molecule has 16 heavy (non-hydrogen) atoms. The molecule has 1 atom stereocenters. The van der Waals surface area contributed by atoms with Crippen molar-refractivity contribution in [3.05, 3.63) is 29.8 Å². The van der Waals surface area contributed by atoms with Crippen molar-refractivity contribution in [3.63, 3.8) is 0 Å². The normalized spacial score (nSPS) is 12.4. The van der Waals surface area contributed by atoms with Crippen molar-refractivity contribution in [3.8, 4) is 5.75 Å². The molecule has 0 amide bonds. The van der Waals surface area contributed by atoms with Gasteiger partial charge in [0.1, 0.15) is 5.75 Å². The zero-order valence-electron chi connectivity index (χ0n) is 9.52. The van der Waals surface area contributed by atoms with Crippen LogP contribution in [-0.2, 0) is 10.8 Å². The van der Waals surface area contributed by atoms with Crippen LogP contribution in [0, 0.1) is 6.92 Å². The quantitative estimate of drug-likeness (QED) is 0.788. The summed E-state index contributed by atoms with van der Waals surface area (Å²) in [4.78, 5) is 0. The Kier molecular flexibility index (Phi) is 6.11. The van der Waals surface area contributed by atoms with Crippen molar-refractivity contribution < 1.29 is 14.1 Å². The minimum Gasteiger partial charge on any atom is -0.493 e. The van der Waals surface area contributed by atoms with Gasteiger partial charge in [-0.1, -0.05) is 17.7 Å². The summed E-state index contributed by atoms with van der Waals surface area (Å²) >= 11 is 0. The third-order valence-electron chi connectivity index (χ3n) is 2.13. The Morgan fingerprint density at radius 1 is 1.25 bits per heavy atom. The second kappa shape index (κ2) is 7.41. The van der Waals surface area contributed by atoms with Crippen LogP contribution in [0.4, 0.5) is 0 Å². The molecule has 90 valence electrons. The third-order valence-corrected chi connectivity index (χ3v) is 3.50. The van der Waals surface area contributed by atoms with E-state index in [2.05, 4.69) is 0 Å². The Labute approximate surface area is 98.9 Å². The Morgan fingerprint density at radius 2 is 1.94 bits per heavy atom. The van der Waals surface area contributed by atoms with Crippen LogP contribution in [0.5, 0.6) is 5.75 Å². The van der Waals surface area contributed by atoms with E-state index in [0.29, 0.717) is 24.5 Å². The van der Waals surface area contributed by atoms with E-state index in [-0.39, 0.29) is 6.61 Å². The monoisotopic (exact) mass is 242 g/mol. The molecule has 0 fully saturated rings. The Hall–Kier alpha value is -0.870. The lowest BCUT2D eigenvalue weighted by molar-refractivity contribution is 0.295. The zero-order chi connectivity index (χ0) is 11.8. The average Bonchev–Trinajstić information content (AvgIpc) is 2.29. The van der Waals surface area contributed by atoms with E-state index in [1.54, 1.807) is 0 Å². The Bertz CT molecular complexity index is 322. The molecule has 1 rings (SSSR count). The van der Waals surface area contributed by atoms with Gasteiger partial charge < -0.3 is 9.84 Å². The number of aliphatic hydroxyl groups excluding tert-OH is 1. The summed E-state index contributed by atoms with van der Waals surface area (Å²) in [5.74, 6) is 1.88.